The van der Waals surface area contributed by atoms with Gasteiger partial charge in [0.1, 0.15) is 0 Å². The zero-order chi connectivity index (χ0) is 7.82. The minimum Gasteiger partial charge on any atom is -0.294 e. The van der Waals surface area contributed by atoms with Gasteiger partial charge in [-0.1, -0.05) is 20.3 Å². The van der Waals surface area contributed by atoms with E-state index in [1.807, 2.05) is 0 Å². The first-order valence-electron chi connectivity index (χ1n) is 4.18. The fraction of sp³-hybridized carbons (Fsp3) is 1.00. The van der Waals surface area contributed by atoms with Gasteiger partial charge in [0.25, 0.3) is 0 Å². The molecule has 2 heteroatoms. The minimum absolute atomic E-state index is 0.911. The highest BCUT2D eigenvalue weighted by Gasteiger charge is 1.97. The molecule has 0 fully saturated rings. The monoisotopic (exact) mass is 161 g/mol. The molecule has 0 spiro atoms. The largest absolute Gasteiger partial charge is 0.294 e. The van der Waals surface area contributed by atoms with Crippen molar-refractivity contribution >= 4 is 12.6 Å². The Morgan fingerprint density at radius 3 is 2.20 bits per heavy atom. The number of thiol groups is 1. The van der Waals surface area contributed by atoms with Crippen LogP contribution in [0.15, 0.2) is 0 Å². The average molecular weight is 161 g/mol. The van der Waals surface area contributed by atoms with E-state index in [4.69, 9.17) is 0 Å². The van der Waals surface area contributed by atoms with Crippen molar-refractivity contribution in [2.45, 2.75) is 33.1 Å². The van der Waals surface area contributed by atoms with Crippen LogP contribution in [0.5, 0.6) is 0 Å². The van der Waals surface area contributed by atoms with E-state index in [2.05, 4.69) is 31.4 Å². The lowest BCUT2D eigenvalue weighted by Crippen LogP contribution is -2.24. The van der Waals surface area contributed by atoms with Gasteiger partial charge in [0.05, 0.1) is 0 Å². The first kappa shape index (κ1) is 10.3. The molecule has 1 nitrogen and oxygen atoms in total. The Hall–Kier alpha value is 0.310. The average Bonchev–Trinajstić information content (AvgIpc) is 1.98. The fourth-order valence-electron chi connectivity index (χ4n) is 0.951. The van der Waals surface area contributed by atoms with Gasteiger partial charge in [0.15, 0.2) is 0 Å². The van der Waals surface area contributed by atoms with Crippen LogP contribution < -0.4 is 0 Å². The lowest BCUT2D eigenvalue weighted by atomic mass is 10.3. The molecule has 0 N–H and O–H groups in total. The number of hydrogen-bond acceptors (Lipinski definition) is 2. The molecule has 0 saturated heterocycles. The SMILES string of the molecule is CCCCN(CS)CCC. The van der Waals surface area contributed by atoms with Crippen LogP contribution in [0.1, 0.15) is 33.1 Å². The van der Waals surface area contributed by atoms with Gasteiger partial charge in [-0.15, -0.1) is 0 Å². The molecule has 10 heavy (non-hydrogen) atoms. The molecule has 0 amide bonds. The van der Waals surface area contributed by atoms with E-state index in [-0.39, 0.29) is 0 Å². The van der Waals surface area contributed by atoms with Gasteiger partial charge in [-0.05, 0) is 25.9 Å². The number of rotatable bonds is 6. The maximum absolute atomic E-state index is 4.25. The van der Waals surface area contributed by atoms with Gasteiger partial charge in [-0.2, -0.15) is 12.6 Å². The Morgan fingerprint density at radius 2 is 1.80 bits per heavy atom. The summed E-state index contributed by atoms with van der Waals surface area (Å²) in [5.41, 5.74) is 0. The first-order chi connectivity index (χ1) is 4.85. The zero-order valence-corrected chi connectivity index (χ0v) is 8.03. The molecule has 62 valence electrons. The summed E-state index contributed by atoms with van der Waals surface area (Å²) in [6.45, 7) is 6.85. The van der Waals surface area contributed by atoms with Crippen molar-refractivity contribution < 1.29 is 0 Å². The predicted molar refractivity (Wildman–Crippen MR) is 50.6 cm³/mol. The summed E-state index contributed by atoms with van der Waals surface area (Å²) in [6.07, 6.45) is 3.83. The summed E-state index contributed by atoms with van der Waals surface area (Å²) in [5.74, 6) is 0.911. The van der Waals surface area contributed by atoms with Crippen molar-refractivity contribution in [3.05, 3.63) is 0 Å². The maximum atomic E-state index is 4.25. The Labute approximate surface area is 70.2 Å². The third-order valence-corrected chi connectivity index (χ3v) is 1.97. The molecule has 0 heterocycles. The molecular formula is C8H19NS. The van der Waals surface area contributed by atoms with E-state index in [1.54, 1.807) is 0 Å². The molecule has 0 unspecified atom stereocenters. The number of nitrogens with zero attached hydrogens (tertiary/aromatic N) is 1. The van der Waals surface area contributed by atoms with Crippen LogP contribution in [0.2, 0.25) is 0 Å². The van der Waals surface area contributed by atoms with Gasteiger partial charge >= 0.3 is 0 Å². The zero-order valence-electron chi connectivity index (χ0n) is 7.14. The van der Waals surface area contributed by atoms with Gasteiger partial charge in [0.2, 0.25) is 0 Å². The van der Waals surface area contributed by atoms with Crippen LogP contribution in [0, 0.1) is 0 Å². The minimum atomic E-state index is 0.911. The Morgan fingerprint density at radius 1 is 1.10 bits per heavy atom. The van der Waals surface area contributed by atoms with Crippen molar-refractivity contribution in [3.63, 3.8) is 0 Å². The van der Waals surface area contributed by atoms with Gasteiger partial charge in [0, 0.05) is 5.88 Å². The molecule has 0 aliphatic heterocycles. The molecule has 0 aromatic heterocycles. The van der Waals surface area contributed by atoms with E-state index in [9.17, 15) is 0 Å². The Kier molecular flexibility index (Phi) is 7.65. The van der Waals surface area contributed by atoms with Crippen molar-refractivity contribution in [1.29, 1.82) is 0 Å². The fourth-order valence-corrected chi connectivity index (χ4v) is 1.23. The molecular weight excluding hydrogens is 142 g/mol. The summed E-state index contributed by atoms with van der Waals surface area (Å²) >= 11 is 4.25. The molecule has 0 rings (SSSR count). The van der Waals surface area contributed by atoms with Gasteiger partial charge in [-0.25, -0.2) is 0 Å². The lowest BCUT2D eigenvalue weighted by Gasteiger charge is -2.17. The quantitative estimate of drug-likeness (QED) is 0.462. The highest BCUT2D eigenvalue weighted by Crippen LogP contribution is 1.97. The van der Waals surface area contributed by atoms with E-state index < -0.39 is 0 Å². The normalized spacial score (nSPS) is 10.8. The number of unbranched alkanes of at least 4 members (excludes halogenated alkanes) is 1. The summed E-state index contributed by atoms with van der Waals surface area (Å²) in [7, 11) is 0. The Balaban J connectivity index is 3.21. The molecule has 0 radical (unpaired) electrons. The van der Waals surface area contributed by atoms with Gasteiger partial charge < -0.3 is 0 Å². The van der Waals surface area contributed by atoms with E-state index >= 15 is 0 Å². The maximum Gasteiger partial charge on any atom is 0.0414 e. The van der Waals surface area contributed by atoms with E-state index in [0.29, 0.717) is 0 Å². The van der Waals surface area contributed by atoms with E-state index in [1.165, 1.54) is 32.4 Å². The summed E-state index contributed by atoms with van der Waals surface area (Å²) in [4.78, 5) is 2.38. The highest BCUT2D eigenvalue weighted by molar-refractivity contribution is 7.80. The molecule has 0 atom stereocenters. The van der Waals surface area contributed by atoms with Crippen molar-refractivity contribution in [2.75, 3.05) is 19.0 Å². The molecule has 0 aliphatic rings. The lowest BCUT2D eigenvalue weighted by molar-refractivity contribution is 0.317. The molecule has 0 aromatic carbocycles. The second-order valence-corrected chi connectivity index (χ2v) is 2.90. The standard InChI is InChI=1S/C8H19NS/c1-3-5-7-9(8-10)6-4-2/h10H,3-8H2,1-2H3. The van der Waals surface area contributed by atoms with Crippen molar-refractivity contribution in [2.24, 2.45) is 0 Å². The van der Waals surface area contributed by atoms with Crippen LogP contribution in [0.3, 0.4) is 0 Å². The summed E-state index contributed by atoms with van der Waals surface area (Å²) in [5, 5.41) is 0. The molecule has 0 aliphatic carbocycles. The van der Waals surface area contributed by atoms with Crippen LogP contribution in [0.25, 0.3) is 0 Å². The highest BCUT2D eigenvalue weighted by atomic mass is 32.1. The second kappa shape index (κ2) is 7.42. The van der Waals surface area contributed by atoms with Crippen molar-refractivity contribution in [3.8, 4) is 0 Å². The van der Waals surface area contributed by atoms with E-state index in [0.717, 1.165) is 5.88 Å². The third kappa shape index (κ3) is 5.12. The van der Waals surface area contributed by atoms with Crippen molar-refractivity contribution in [1.82, 2.24) is 4.90 Å². The van der Waals surface area contributed by atoms with Crippen LogP contribution >= 0.6 is 12.6 Å². The topological polar surface area (TPSA) is 3.24 Å². The van der Waals surface area contributed by atoms with Crippen LogP contribution in [-0.2, 0) is 0 Å². The molecule has 0 bridgehead atoms. The van der Waals surface area contributed by atoms with Crippen LogP contribution in [0.4, 0.5) is 0 Å². The van der Waals surface area contributed by atoms with Gasteiger partial charge in [-0.3, -0.25) is 4.90 Å². The predicted octanol–water partition coefficient (Wildman–Crippen LogP) is 2.39. The molecule has 0 aromatic rings. The summed E-state index contributed by atoms with van der Waals surface area (Å²) in [6, 6.07) is 0. The third-order valence-electron chi connectivity index (χ3n) is 1.57. The molecule has 0 saturated carbocycles. The first-order valence-corrected chi connectivity index (χ1v) is 4.81. The Bertz CT molecular complexity index is 66.3. The van der Waals surface area contributed by atoms with Crippen LogP contribution in [-0.4, -0.2) is 23.9 Å². The smallest absolute Gasteiger partial charge is 0.0414 e. The summed E-state index contributed by atoms with van der Waals surface area (Å²) < 4.78 is 0. The second-order valence-electron chi connectivity index (χ2n) is 2.61. The number of hydrogen-bond donors (Lipinski definition) is 1.